The summed E-state index contributed by atoms with van der Waals surface area (Å²) in [4.78, 5) is 37.3. The Bertz CT molecular complexity index is 1090. The van der Waals surface area contributed by atoms with Gasteiger partial charge < -0.3 is 24.8 Å². The van der Waals surface area contributed by atoms with Gasteiger partial charge in [0.25, 0.3) is 5.91 Å². The molecule has 1 aliphatic rings. The highest BCUT2D eigenvalue weighted by molar-refractivity contribution is 8.00. The van der Waals surface area contributed by atoms with Crippen molar-refractivity contribution in [1.82, 2.24) is 0 Å². The average molecular weight is 498 g/mol. The number of rotatable bonds is 8. The molecule has 12 heteroatoms. The number of alkyl halides is 3. The molecule has 3 rings (SSSR count). The van der Waals surface area contributed by atoms with Gasteiger partial charge >= 0.3 is 12.1 Å². The monoisotopic (exact) mass is 498 g/mol. The van der Waals surface area contributed by atoms with E-state index in [0.717, 1.165) is 23.1 Å². The number of methoxy groups -OCH3 is 1. The standard InChI is InChI=1S/C22H21F3N2O6S/c1-12-20(29)27-16-9-13(3-6-18(16)34-12)21(30)33-11-19(28)26-15-10-14(22(23,24)25)4-5-17(15)32-8-7-31-2/h3-6,9-10,12H,7-8,11H2,1-2H3,(H,26,28)(H,27,29). The number of hydrogen-bond donors (Lipinski definition) is 2. The Morgan fingerprint density at radius 3 is 2.62 bits per heavy atom. The fourth-order valence-corrected chi connectivity index (χ4v) is 3.83. The van der Waals surface area contributed by atoms with Crippen molar-refractivity contribution in [3.8, 4) is 5.75 Å². The van der Waals surface area contributed by atoms with Crippen molar-refractivity contribution in [1.29, 1.82) is 0 Å². The summed E-state index contributed by atoms with van der Waals surface area (Å²) in [5.74, 6) is -1.90. The Kier molecular flexibility index (Phi) is 8.05. The third kappa shape index (κ3) is 6.41. The maximum Gasteiger partial charge on any atom is 0.416 e. The summed E-state index contributed by atoms with van der Waals surface area (Å²) in [5.41, 5.74) is -0.657. The molecule has 0 saturated carbocycles. The van der Waals surface area contributed by atoms with Gasteiger partial charge in [0.15, 0.2) is 6.61 Å². The number of carbonyl (C=O) groups excluding carboxylic acids is 3. The molecule has 2 aromatic carbocycles. The van der Waals surface area contributed by atoms with Crippen molar-refractivity contribution < 1.29 is 41.8 Å². The highest BCUT2D eigenvalue weighted by Crippen LogP contribution is 2.36. The Hall–Kier alpha value is -3.25. The fourth-order valence-electron chi connectivity index (χ4n) is 2.90. The van der Waals surface area contributed by atoms with Crippen LogP contribution in [-0.2, 0) is 25.2 Å². The van der Waals surface area contributed by atoms with Crippen molar-refractivity contribution in [2.75, 3.05) is 37.6 Å². The summed E-state index contributed by atoms with van der Waals surface area (Å²) >= 11 is 1.34. The molecule has 1 unspecified atom stereocenters. The van der Waals surface area contributed by atoms with Crippen molar-refractivity contribution in [3.63, 3.8) is 0 Å². The lowest BCUT2D eigenvalue weighted by molar-refractivity contribution is -0.137. The lowest BCUT2D eigenvalue weighted by Crippen LogP contribution is -2.26. The summed E-state index contributed by atoms with van der Waals surface area (Å²) in [6.07, 6.45) is -4.63. The van der Waals surface area contributed by atoms with Crippen molar-refractivity contribution in [2.24, 2.45) is 0 Å². The van der Waals surface area contributed by atoms with E-state index in [1.54, 1.807) is 13.0 Å². The first-order valence-electron chi connectivity index (χ1n) is 10.00. The van der Waals surface area contributed by atoms with Crippen LogP contribution in [0.25, 0.3) is 0 Å². The highest BCUT2D eigenvalue weighted by atomic mass is 32.2. The van der Waals surface area contributed by atoms with Gasteiger partial charge in [-0.15, -0.1) is 11.8 Å². The molecular formula is C22H21F3N2O6S. The number of nitrogens with one attached hydrogen (secondary N) is 2. The van der Waals surface area contributed by atoms with Crippen LogP contribution in [0.15, 0.2) is 41.3 Å². The molecular weight excluding hydrogens is 477 g/mol. The van der Waals surface area contributed by atoms with Crippen molar-refractivity contribution >= 4 is 40.9 Å². The number of carbonyl (C=O) groups is 3. The van der Waals surface area contributed by atoms with Gasteiger partial charge in [0.2, 0.25) is 5.91 Å². The molecule has 2 aromatic rings. The maximum atomic E-state index is 13.1. The first-order valence-corrected chi connectivity index (χ1v) is 10.9. The second-order valence-corrected chi connectivity index (χ2v) is 8.52. The van der Waals surface area contributed by atoms with Gasteiger partial charge in [0.05, 0.1) is 34.4 Å². The number of halogens is 3. The fraction of sp³-hybridized carbons (Fsp3) is 0.318. The first kappa shape index (κ1) is 25.4. The first-order chi connectivity index (χ1) is 16.1. The number of esters is 1. The Labute approximate surface area is 197 Å². The predicted molar refractivity (Wildman–Crippen MR) is 118 cm³/mol. The Morgan fingerprint density at radius 2 is 1.91 bits per heavy atom. The molecule has 0 fully saturated rings. The van der Waals surface area contributed by atoms with Gasteiger partial charge in [-0.05, 0) is 43.3 Å². The minimum atomic E-state index is -4.63. The van der Waals surface area contributed by atoms with Crippen LogP contribution in [0.5, 0.6) is 5.75 Å². The van der Waals surface area contributed by atoms with Crippen LogP contribution in [-0.4, -0.2) is 50.0 Å². The number of thioether (sulfide) groups is 1. The number of anilines is 2. The van der Waals surface area contributed by atoms with E-state index in [9.17, 15) is 27.6 Å². The van der Waals surface area contributed by atoms with Gasteiger partial charge in [-0.1, -0.05) is 0 Å². The molecule has 2 N–H and O–H groups in total. The zero-order valence-electron chi connectivity index (χ0n) is 18.2. The Morgan fingerprint density at radius 1 is 1.15 bits per heavy atom. The van der Waals surface area contributed by atoms with E-state index in [1.165, 1.54) is 31.0 Å². The van der Waals surface area contributed by atoms with Crippen molar-refractivity contribution in [3.05, 3.63) is 47.5 Å². The number of amides is 2. The van der Waals surface area contributed by atoms with Gasteiger partial charge in [0.1, 0.15) is 12.4 Å². The zero-order valence-corrected chi connectivity index (χ0v) is 19.0. The van der Waals surface area contributed by atoms with E-state index in [4.69, 9.17) is 14.2 Å². The molecule has 0 radical (unpaired) electrons. The van der Waals surface area contributed by atoms with E-state index in [0.29, 0.717) is 5.69 Å². The van der Waals surface area contributed by atoms with Crippen LogP contribution < -0.4 is 15.4 Å². The largest absolute Gasteiger partial charge is 0.489 e. The summed E-state index contributed by atoms with van der Waals surface area (Å²) in [7, 11) is 1.43. The maximum absolute atomic E-state index is 13.1. The quantitative estimate of drug-likeness (QED) is 0.420. The van der Waals surface area contributed by atoms with E-state index in [2.05, 4.69) is 10.6 Å². The summed E-state index contributed by atoms with van der Waals surface area (Å²) in [6.45, 7) is 1.24. The number of ether oxygens (including phenoxy) is 3. The van der Waals surface area contributed by atoms with Crippen LogP contribution in [0.1, 0.15) is 22.8 Å². The summed E-state index contributed by atoms with van der Waals surface area (Å²) in [6, 6.07) is 7.21. The molecule has 34 heavy (non-hydrogen) atoms. The summed E-state index contributed by atoms with van der Waals surface area (Å²) in [5, 5.41) is 4.69. The second kappa shape index (κ2) is 10.8. The topological polar surface area (TPSA) is 103 Å². The zero-order chi connectivity index (χ0) is 24.9. The molecule has 1 aliphatic heterocycles. The van der Waals surface area contributed by atoms with Crippen LogP contribution in [0.2, 0.25) is 0 Å². The molecule has 8 nitrogen and oxygen atoms in total. The van der Waals surface area contributed by atoms with Gasteiger partial charge in [-0.25, -0.2) is 4.79 Å². The predicted octanol–water partition coefficient (Wildman–Crippen LogP) is 3.96. The van der Waals surface area contributed by atoms with Crippen molar-refractivity contribution in [2.45, 2.75) is 23.2 Å². The van der Waals surface area contributed by atoms with Crippen LogP contribution in [0.3, 0.4) is 0 Å². The van der Waals surface area contributed by atoms with E-state index in [1.807, 2.05) is 0 Å². The summed E-state index contributed by atoms with van der Waals surface area (Å²) < 4.78 is 54.4. The number of fused-ring (bicyclic) bond motifs is 1. The van der Waals surface area contributed by atoms with Gasteiger partial charge in [-0.2, -0.15) is 13.2 Å². The lowest BCUT2D eigenvalue weighted by atomic mass is 10.1. The van der Waals surface area contributed by atoms with E-state index >= 15 is 0 Å². The second-order valence-electron chi connectivity index (χ2n) is 7.13. The highest BCUT2D eigenvalue weighted by Gasteiger charge is 2.31. The molecule has 0 spiro atoms. The minimum Gasteiger partial charge on any atom is -0.489 e. The van der Waals surface area contributed by atoms with Crippen LogP contribution in [0.4, 0.5) is 24.5 Å². The smallest absolute Gasteiger partial charge is 0.416 e. The van der Waals surface area contributed by atoms with E-state index < -0.39 is 30.2 Å². The molecule has 2 amide bonds. The molecule has 0 bridgehead atoms. The van der Waals surface area contributed by atoms with Gasteiger partial charge in [-0.3, -0.25) is 9.59 Å². The third-order valence-electron chi connectivity index (χ3n) is 4.61. The molecule has 182 valence electrons. The lowest BCUT2D eigenvalue weighted by Gasteiger charge is -2.21. The molecule has 0 saturated heterocycles. The molecule has 0 aliphatic carbocycles. The normalized spacial score (nSPS) is 15.2. The molecule has 0 aromatic heterocycles. The van der Waals surface area contributed by atoms with E-state index in [-0.39, 0.29) is 41.4 Å². The molecule has 1 heterocycles. The average Bonchev–Trinajstić information content (AvgIpc) is 2.78. The number of benzene rings is 2. The SMILES string of the molecule is COCCOc1ccc(C(F)(F)F)cc1NC(=O)COC(=O)c1ccc2c(c1)NC(=O)C(C)S2. The van der Waals surface area contributed by atoms with Gasteiger partial charge in [0, 0.05) is 12.0 Å². The molecule has 1 atom stereocenters. The van der Waals surface area contributed by atoms with Crippen LogP contribution >= 0.6 is 11.8 Å². The third-order valence-corrected chi connectivity index (χ3v) is 5.78. The number of hydrogen-bond acceptors (Lipinski definition) is 7. The Balaban J connectivity index is 1.65. The minimum absolute atomic E-state index is 0.00174. The van der Waals surface area contributed by atoms with Crippen LogP contribution in [0, 0.1) is 0 Å².